The lowest BCUT2D eigenvalue weighted by molar-refractivity contribution is 0.102. The molecule has 0 atom stereocenters. The molecule has 4 nitrogen and oxygen atoms in total. The predicted octanol–water partition coefficient (Wildman–Crippen LogP) is 6.27. The Hall–Kier alpha value is -2.89. The van der Waals surface area contributed by atoms with Crippen LogP contribution in [0.3, 0.4) is 0 Å². The number of halogens is 1. The number of nitrogens with one attached hydrogen (secondary N) is 1. The Kier molecular flexibility index (Phi) is 5.28. The van der Waals surface area contributed by atoms with Crippen LogP contribution in [-0.4, -0.2) is 17.5 Å². The highest BCUT2D eigenvalue weighted by molar-refractivity contribution is 7.21. The van der Waals surface area contributed by atoms with Gasteiger partial charge < -0.3 is 10.1 Å². The number of hydrogen-bond acceptors (Lipinski definition) is 4. The number of benzene rings is 3. The molecule has 4 rings (SSSR count). The summed E-state index contributed by atoms with van der Waals surface area (Å²) >= 11 is 7.81. The molecule has 1 aromatic heterocycles. The fraction of sp³-hybridized carbons (Fsp3) is 0.0909. The van der Waals surface area contributed by atoms with Crippen molar-refractivity contribution in [3.05, 3.63) is 77.3 Å². The molecule has 1 amide bonds. The van der Waals surface area contributed by atoms with Gasteiger partial charge in [0.05, 0.1) is 21.8 Å². The number of nitrogens with zero attached hydrogens (tertiary/aromatic N) is 1. The highest BCUT2D eigenvalue weighted by atomic mass is 35.5. The molecule has 0 radical (unpaired) electrons. The molecule has 6 heteroatoms. The zero-order valence-corrected chi connectivity index (χ0v) is 16.7. The van der Waals surface area contributed by atoms with Crippen molar-refractivity contribution >= 4 is 44.7 Å². The van der Waals surface area contributed by atoms with E-state index >= 15 is 0 Å². The van der Waals surface area contributed by atoms with Gasteiger partial charge in [0.2, 0.25) is 0 Å². The van der Waals surface area contributed by atoms with Crippen molar-refractivity contribution < 1.29 is 9.53 Å². The van der Waals surface area contributed by atoms with Crippen molar-refractivity contribution in [2.24, 2.45) is 0 Å². The summed E-state index contributed by atoms with van der Waals surface area (Å²) in [6.45, 7) is 2.40. The second kappa shape index (κ2) is 8.00. The molecule has 0 saturated heterocycles. The van der Waals surface area contributed by atoms with E-state index in [0.717, 1.165) is 20.8 Å². The first-order chi connectivity index (χ1) is 13.6. The van der Waals surface area contributed by atoms with Gasteiger partial charge >= 0.3 is 0 Å². The van der Waals surface area contributed by atoms with Crippen LogP contribution in [0, 0.1) is 0 Å². The number of para-hydroxylation sites is 1. The minimum atomic E-state index is -0.230. The van der Waals surface area contributed by atoms with Crippen LogP contribution in [-0.2, 0) is 0 Å². The van der Waals surface area contributed by atoms with E-state index in [-0.39, 0.29) is 5.91 Å². The molecule has 0 bridgehead atoms. The Morgan fingerprint density at radius 2 is 1.96 bits per heavy atom. The number of thiazole rings is 1. The summed E-state index contributed by atoms with van der Waals surface area (Å²) in [6, 6.07) is 20.7. The molecular formula is C22H17ClN2O2S. The third-order valence-electron chi connectivity index (χ3n) is 4.16. The fourth-order valence-electron chi connectivity index (χ4n) is 2.84. The third kappa shape index (κ3) is 3.86. The van der Waals surface area contributed by atoms with Crippen molar-refractivity contribution in [3.8, 4) is 16.3 Å². The summed E-state index contributed by atoms with van der Waals surface area (Å²) in [5, 5.41) is 4.25. The molecule has 1 N–H and O–H groups in total. The number of fused-ring (bicyclic) bond motifs is 1. The lowest BCUT2D eigenvalue weighted by atomic mass is 10.1. The zero-order valence-electron chi connectivity index (χ0n) is 15.1. The summed E-state index contributed by atoms with van der Waals surface area (Å²) in [5.74, 6) is 0.338. The average molecular weight is 409 g/mol. The van der Waals surface area contributed by atoms with Crippen molar-refractivity contribution in [1.29, 1.82) is 0 Å². The standard InChI is InChI=1S/C22H17ClN2O2S/c1-2-27-19-11-10-14(13-17(19)23)21(26)24-16-7-5-6-15(12-16)22-25-18-8-3-4-9-20(18)28-22/h3-13H,2H2,1H3,(H,24,26). The van der Waals surface area contributed by atoms with Crippen LogP contribution in [0.15, 0.2) is 66.7 Å². The molecule has 0 spiro atoms. The lowest BCUT2D eigenvalue weighted by Gasteiger charge is -2.09. The number of hydrogen-bond donors (Lipinski definition) is 1. The average Bonchev–Trinajstić information content (AvgIpc) is 3.14. The Balaban J connectivity index is 1.56. The van der Waals surface area contributed by atoms with Crippen LogP contribution in [0.25, 0.3) is 20.8 Å². The summed E-state index contributed by atoms with van der Waals surface area (Å²) in [4.78, 5) is 17.3. The van der Waals surface area contributed by atoms with E-state index < -0.39 is 0 Å². The zero-order chi connectivity index (χ0) is 19.5. The normalized spacial score (nSPS) is 10.8. The van der Waals surface area contributed by atoms with E-state index in [0.29, 0.717) is 28.6 Å². The number of aromatic nitrogens is 1. The van der Waals surface area contributed by atoms with E-state index in [1.165, 1.54) is 0 Å². The molecule has 1 heterocycles. The predicted molar refractivity (Wildman–Crippen MR) is 116 cm³/mol. The largest absolute Gasteiger partial charge is 0.492 e. The van der Waals surface area contributed by atoms with Crippen LogP contribution < -0.4 is 10.1 Å². The molecule has 3 aromatic carbocycles. The van der Waals surface area contributed by atoms with E-state index in [4.69, 9.17) is 16.3 Å². The van der Waals surface area contributed by atoms with Gasteiger partial charge in [-0.15, -0.1) is 11.3 Å². The number of rotatable bonds is 5. The van der Waals surface area contributed by atoms with Crippen LogP contribution >= 0.6 is 22.9 Å². The first-order valence-corrected chi connectivity index (χ1v) is 10.0. The molecule has 140 valence electrons. The van der Waals surface area contributed by atoms with Gasteiger partial charge in [-0.2, -0.15) is 0 Å². The first kappa shape index (κ1) is 18.5. The van der Waals surface area contributed by atoms with Gasteiger partial charge in [-0.05, 0) is 49.4 Å². The van der Waals surface area contributed by atoms with Crippen molar-refractivity contribution in [3.63, 3.8) is 0 Å². The molecule has 0 aliphatic rings. The molecule has 4 aromatic rings. The topological polar surface area (TPSA) is 51.2 Å². The van der Waals surface area contributed by atoms with Crippen molar-refractivity contribution in [2.75, 3.05) is 11.9 Å². The first-order valence-electron chi connectivity index (χ1n) is 8.84. The van der Waals surface area contributed by atoms with Crippen LogP contribution in [0.4, 0.5) is 5.69 Å². The van der Waals surface area contributed by atoms with Gasteiger partial charge in [0.1, 0.15) is 10.8 Å². The second-order valence-electron chi connectivity index (χ2n) is 6.10. The fourth-order valence-corrected chi connectivity index (χ4v) is 4.04. The quantitative estimate of drug-likeness (QED) is 0.423. The maximum Gasteiger partial charge on any atom is 0.255 e. The van der Waals surface area contributed by atoms with E-state index in [2.05, 4.69) is 16.4 Å². The monoisotopic (exact) mass is 408 g/mol. The number of carbonyl (C=O) groups is 1. The molecule has 0 unspecified atom stereocenters. The highest BCUT2D eigenvalue weighted by Gasteiger charge is 2.11. The molecular weight excluding hydrogens is 392 g/mol. The smallest absolute Gasteiger partial charge is 0.255 e. The Morgan fingerprint density at radius 3 is 2.75 bits per heavy atom. The van der Waals surface area contributed by atoms with Crippen molar-refractivity contribution in [1.82, 2.24) is 4.98 Å². The van der Waals surface area contributed by atoms with E-state index in [9.17, 15) is 4.79 Å². The molecule has 0 fully saturated rings. The van der Waals surface area contributed by atoms with Gasteiger partial charge in [-0.1, -0.05) is 35.9 Å². The van der Waals surface area contributed by atoms with Gasteiger partial charge in [0.25, 0.3) is 5.91 Å². The SMILES string of the molecule is CCOc1ccc(C(=O)Nc2cccc(-c3nc4ccccc4s3)c2)cc1Cl. The maximum atomic E-state index is 12.6. The summed E-state index contributed by atoms with van der Waals surface area (Å²) in [6.07, 6.45) is 0. The van der Waals surface area contributed by atoms with Crippen molar-refractivity contribution in [2.45, 2.75) is 6.92 Å². The number of ether oxygens (including phenoxy) is 1. The van der Waals surface area contributed by atoms with Crippen LogP contribution in [0.2, 0.25) is 5.02 Å². The summed E-state index contributed by atoms with van der Waals surface area (Å²) < 4.78 is 6.55. The number of carbonyl (C=O) groups excluding carboxylic acids is 1. The molecule has 28 heavy (non-hydrogen) atoms. The van der Waals surface area contributed by atoms with Gasteiger partial charge in [-0.3, -0.25) is 4.79 Å². The van der Waals surface area contributed by atoms with E-state index in [1.807, 2.05) is 49.4 Å². The number of anilines is 1. The Bertz CT molecular complexity index is 1120. The lowest BCUT2D eigenvalue weighted by Crippen LogP contribution is -2.12. The molecule has 0 aliphatic heterocycles. The molecule has 0 aliphatic carbocycles. The minimum Gasteiger partial charge on any atom is -0.492 e. The summed E-state index contributed by atoms with van der Waals surface area (Å²) in [5.41, 5.74) is 3.11. The number of amides is 1. The summed E-state index contributed by atoms with van der Waals surface area (Å²) in [7, 11) is 0. The minimum absolute atomic E-state index is 0.230. The van der Waals surface area contributed by atoms with Gasteiger partial charge in [0, 0.05) is 16.8 Å². The second-order valence-corrected chi connectivity index (χ2v) is 7.54. The third-order valence-corrected chi connectivity index (χ3v) is 5.54. The van der Waals surface area contributed by atoms with Crippen LogP contribution in [0.1, 0.15) is 17.3 Å². The molecule has 0 saturated carbocycles. The van der Waals surface area contributed by atoms with Gasteiger partial charge in [-0.25, -0.2) is 4.98 Å². The Labute approximate surface area is 171 Å². The van der Waals surface area contributed by atoms with Gasteiger partial charge in [0.15, 0.2) is 0 Å². The van der Waals surface area contributed by atoms with E-state index in [1.54, 1.807) is 29.5 Å². The maximum absolute atomic E-state index is 12.6. The highest BCUT2D eigenvalue weighted by Crippen LogP contribution is 2.31. The van der Waals surface area contributed by atoms with Crippen LogP contribution in [0.5, 0.6) is 5.75 Å². The Morgan fingerprint density at radius 1 is 1.11 bits per heavy atom.